The van der Waals surface area contributed by atoms with Crippen molar-refractivity contribution in [3.8, 4) is 0 Å². The predicted molar refractivity (Wildman–Crippen MR) is 51.9 cm³/mol. The van der Waals surface area contributed by atoms with Gasteiger partial charge in [-0.3, -0.25) is 0 Å². The third kappa shape index (κ3) is 2.88. The van der Waals surface area contributed by atoms with Crippen molar-refractivity contribution in [2.45, 2.75) is 12.2 Å². The van der Waals surface area contributed by atoms with Gasteiger partial charge in [-0.15, -0.1) is 0 Å². The molecule has 0 radical (unpaired) electrons. The number of rotatable bonds is 4. The zero-order valence-electron chi connectivity index (χ0n) is 7.68. The van der Waals surface area contributed by atoms with Crippen LogP contribution in [0.25, 0.3) is 0 Å². The Morgan fingerprint density at radius 2 is 2.00 bits per heavy atom. The Morgan fingerprint density at radius 1 is 1.43 bits per heavy atom. The first-order valence-corrected chi connectivity index (χ1v) is 4.51. The summed E-state index contributed by atoms with van der Waals surface area (Å²) in [5.41, 5.74) is 0. The van der Waals surface area contributed by atoms with Crippen LogP contribution in [-0.2, 0) is 0 Å². The van der Waals surface area contributed by atoms with E-state index in [0.717, 1.165) is 0 Å². The molecule has 78 valence electrons. The van der Waals surface area contributed by atoms with Gasteiger partial charge in [0.2, 0.25) is 0 Å². The molecule has 3 N–H and O–H groups in total. The molecule has 0 aliphatic carbocycles. The van der Waals surface area contributed by atoms with E-state index in [1.807, 2.05) is 0 Å². The highest BCUT2D eigenvalue weighted by Gasteiger charge is 2.19. The number of aliphatic hydroxyl groups is 2. The molecule has 0 aliphatic heterocycles. The summed E-state index contributed by atoms with van der Waals surface area (Å²) in [7, 11) is 1.68. The highest BCUT2D eigenvalue weighted by atomic mass is 35.5. The standard InChI is InChI=1S/C8H12ClN3O2/c1-10-4-6(13)7(14)8-11-2-5(9)3-12-8/h2-3,6-7,10,13-14H,4H2,1H3. The monoisotopic (exact) mass is 217 g/mol. The summed E-state index contributed by atoms with van der Waals surface area (Å²) >= 11 is 5.58. The topological polar surface area (TPSA) is 78.3 Å². The molecule has 0 spiro atoms. The Balaban J connectivity index is 2.68. The maximum atomic E-state index is 9.55. The minimum Gasteiger partial charge on any atom is -0.389 e. The number of hydrogen-bond donors (Lipinski definition) is 3. The van der Waals surface area contributed by atoms with Crippen LogP contribution in [0, 0.1) is 0 Å². The van der Waals surface area contributed by atoms with Gasteiger partial charge in [0.25, 0.3) is 0 Å². The molecule has 0 amide bonds. The van der Waals surface area contributed by atoms with Gasteiger partial charge in [-0.1, -0.05) is 11.6 Å². The quantitative estimate of drug-likeness (QED) is 0.648. The lowest BCUT2D eigenvalue weighted by molar-refractivity contribution is 0.0149. The molecule has 1 aromatic heterocycles. The maximum Gasteiger partial charge on any atom is 0.159 e. The van der Waals surface area contributed by atoms with Gasteiger partial charge in [0.05, 0.1) is 11.1 Å². The number of nitrogens with one attached hydrogen (secondary N) is 1. The van der Waals surface area contributed by atoms with Crippen LogP contribution in [0.5, 0.6) is 0 Å². The number of aromatic nitrogens is 2. The molecule has 1 rings (SSSR count). The van der Waals surface area contributed by atoms with E-state index in [0.29, 0.717) is 5.02 Å². The molecule has 0 bridgehead atoms. The lowest BCUT2D eigenvalue weighted by atomic mass is 10.2. The van der Waals surface area contributed by atoms with Gasteiger partial charge >= 0.3 is 0 Å². The van der Waals surface area contributed by atoms with Crippen molar-refractivity contribution in [2.24, 2.45) is 0 Å². The summed E-state index contributed by atoms with van der Waals surface area (Å²) in [6.45, 7) is 0.271. The molecule has 5 nitrogen and oxygen atoms in total. The van der Waals surface area contributed by atoms with Crippen LogP contribution >= 0.6 is 11.6 Å². The van der Waals surface area contributed by atoms with Gasteiger partial charge in [0.1, 0.15) is 6.10 Å². The van der Waals surface area contributed by atoms with Crippen LogP contribution in [0.3, 0.4) is 0 Å². The van der Waals surface area contributed by atoms with Gasteiger partial charge in [-0.2, -0.15) is 0 Å². The Kier molecular flexibility index (Phi) is 4.21. The third-order valence-corrected chi connectivity index (χ3v) is 1.88. The van der Waals surface area contributed by atoms with E-state index in [-0.39, 0.29) is 12.4 Å². The molecule has 0 saturated heterocycles. The molecule has 0 fully saturated rings. The Morgan fingerprint density at radius 3 is 2.50 bits per heavy atom. The normalized spacial score (nSPS) is 15.1. The van der Waals surface area contributed by atoms with Crippen molar-refractivity contribution in [1.82, 2.24) is 15.3 Å². The fourth-order valence-corrected chi connectivity index (χ4v) is 1.07. The first-order valence-electron chi connectivity index (χ1n) is 4.13. The number of aliphatic hydroxyl groups excluding tert-OH is 2. The SMILES string of the molecule is CNCC(O)C(O)c1ncc(Cl)cn1. The summed E-state index contributed by atoms with van der Waals surface area (Å²) < 4.78 is 0. The van der Waals surface area contributed by atoms with Gasteiger partial charge in [0.15, 0.2) is 5.82 Å². The van der Waals surface area contributed by atoms with E-state index in [2.05, 4.69) is 15.3 Å². The largest absolute Gasteiger partial charge is 0.389 e. The van der Waals surface area contributed by atoms with E-state index >= 15 is 0 Å². The van der Waals surface area contributed by atoms with Gasteiger partial charge < -0.3 is 15.5 Å². The van der Waals surface area contributed by atoms with Crippen LogP contribution in [0.15, 0.2) is 12.4 Å². The molecule has 14 heavy (non-hydrogen) atoms. The second kappa shape index (κ2) is 5.21. The van der Waals surface area contributed by atoms with Crippen LogP contribution in [0.1, 0.15) is 11.9 Å². The number of likely N-dealkylation sites (N-methyl/N-ethyl adjacent to an activating group) is 1. The Bertz CT molecular complexity index is 280. The van der Waals surface area contributed by atoms with E-state index < -0.39 is 12.2 Å². The third-order valence-electron chi connectivity index (χ3n) is 1.68. The molecule has 0 saturated carbocycles. The first-order chi connectivity index (χ1) is 6.65. The van der Waals surface area contributed by atoms with Gasteiger partial charge in [-0.05, 0) is 7.05 Å². The highest BCUT2D eigenvalue weighted by Crippen LogP contribution is 2.13. The smallest absolute Gasteiger partial charge is 0.159 e. The van der Waals surface area contributed by atoms with Crippen molar-refractivity contribution in [3.05, 3.63) is 23.2 Å². The number of nitrogens with zero attached hydrogens (tertiary/aromatic N) is 2. The van der Waals surface area contributed by atoms with E-state index in [4.69, 9.17) is 11.6 Å². The van der Waals surface area contributed by atoms with Crippen LogP contribution in [-0.4, -0.2) is 39.9 Å². The van der Waals surface area contributed by atoms with Crippen molar-refractivity contribution < 1.29 is 10.2 Å². The van der Waals surface area contributed by atoms with Crippen molar-refractivity contribution in [2.75, 3.05) is 13.6 Å². The molecule has 0 aromatic carbocycles. The average molecular weight is 218 g/mol. The molecule has 1 aromatic rings. The predicted octanol–water partition coefficient (Wildman–Crippen LogP) is -0.256. The molecule has 2 atom stereocenters. The minimum atomic E-state index is -1.10. The second-order valence-electron chi connectivity index (χ2n) is 2.83. The highest BCUT2D eigenvalue weighted by molar-refractivity contribution is 6.30. The van der Waals surface area contributed by atoms with Gasteiger partial charge in [-0.25, -0.2) is 9.97 Å². The Labute approximate surface area is 86.8 Å². The van der Waals surface area contributed by atoms with Crippen LogP contribution in [0.2, 0.25) is 5.02 Å². The zero-order chi connectivity index (χ0) is 10.6. The molecule has 2 unspecified atom stereocenters. The van der Waals surface area contributed by atoms with Crippen molar-refractivity contribution in [3.63, 3.8) is 0 Å². The van der Waals surface area contributed by atoms with Crippen molar-refractivity contribution in [1.29, 1.82) is 0 Å². The first kappa shape index (κ1) is 11.3. The second-order valence-corrected chi connectivity index (χ2v) is 3.27. The van der Waals surface area contributed by atoms with Crippen molar-refractivity contribution >= 4 is 11.6 Å². The molecule has 0 aliphatic rings. The minimum absolute atomic E-state index is 0.164. The summed E-state index contributed by atoms with van der Waals surface area (Å²) in [5.74, 6) is 0.164. The fourth-order valence-electron chi connectivity index (χ4n) is 0.968. The van der Waals surface area contributed by atoms with E-state index in [9.17, 15) is 10.2 Å². The van der Waals surface area contributed by atoms with Crippen LogP contribution in [0.4, 0.5) is 0 Å². The van der Waals surface area contributed by atoms with E-state index in [1.54, 1.807) is 7.05 Å². The molecular weight excluding hydrogens is 206 g/mol. The summed E-state index contributed by atoms with van der Waals surface area (Å²) in [5, 5.41) is 22.1. The van der Waals surface area contributed by atoms with Gasteiger partial charge in [0, 0.05) is 18.9 Å². The zero-order valence-corrected chi connectivity index (χ0v) is 8.44. The maximum absolute atomic E-state index is 9.55. The molecular formula is C8H12ClN3O2. The summed E-state index contributed by atoms with van der Waals surface area (Å²) in [6.07, 6.45) is 0.721. The number of halogens is 1. The molecule has 6 heteroatoms. The summed E-state index contributed by atoms with van der Waals surface area (Å²) in [4.78, 5) is 7.60. The Hall–Kier alpha value is -0.750. The van der Waals surface area contributed by atoms with E-state index in [1.165, 1.54) is 12.4 Å². The molecule has 1 heterocycles. The fraction of sp³-hybridized carbons (Fsp3) is 0.500. The van der Waals surface area contributed by atoms with Crippen LogP contribution < -0.4 is 5.32 Å². The average Bonchev–Trinajstić information content (AvgIpc) is 2.18. The lowest BCUT2D eigenvalue weighted by Gasteiger charge is -2.15. The number of hydrogen-bond acceptors (Lipinski definition) is 5. The lowest BCUT2D eigenvalue weighted by Crippen LogP contribution is -2.30. The summed E-state index contributed by atoms with van der Waals surface area (Å²) in [6, 6.07) is 0.